The third-order valence-corrected chi connectivity index (χ3v) is 9.52. The molecular weight excluding hydrogens is 657 g/mol. The molecule has 4 nitrogen and oxygen atoms in total. The lowest BCUT2D eigenvalue weighted by molar-refractivity contribution is 1.18. The minimum atomic E-state index is 0.707. The van der Waals surface area contributed by atoms with Crippen molar-refractivity contribution in [1.82, 2.24) is 19.9 Å². The zero-order valence-corrected chi connectivity index (χ0v) is 29.4. The fraction of sp³-hybridized carbons (Fsp3) is 0. The molecule has 0 amide bonds. The second-order valence-corrected chi connectivity index (χ2v) is 13.1. The minimum Gasteiger partial charge on any atom is -0.228 e. The molecule has 0 saturated carbocycles. The van der Waals surface area contributed by atoms with E-state index in [2.05, 4.69) is 133 Å². The molecular formula is C50H34N4. The second-order valence-electron chi connectivity index (χ2n) is 13.1. The van der Waals surface area contributed by atoms with Crippen molar-refractivity contribution in [2.24, 2.45) is 0 Å². The standard InChI is InChI=1S/C50H34N4/c1-5-15-37(16-6-1)45-33-47(53-49(51-45)39-19-9-3-10-20-39)43-25-13-23-41(31-43)35-27-29-36(30-28-35)42-24-14-26-44(32-42)48-34-46(38-17-7-2-8-18-38)52-50(54-48)40-21-11-4-12-22-40/h1-34H. The Morgan fingerprint density at radius 3 is 0.815 bits per heavy atom. The summed E-state index contributed by atoms with van der Waals surface area (Å²) in [5, 5.41) is 0. The Bertz CT molecular complexity index is 2370. The molecule has 2 aromatic heterocycles. The van der Waals surface area contributed by atoms with Crippen LogP contribution in [0.15, 0.2) is 206 Å². The first-order valence-electron chi connectivity index (χ1n) is 18.1. The molecule has 0 bridgehead atoms. The Hall–Kier alpha value is -7.30. The van der Waals surface area contributed by atoms with Gasteiger partial charge in [-0.25, -0.2) is 19.9 Å². The van der Waals surface area contributed by atoms with Gasteiger partial charge in [-0.2, -0.15) is 0 Å². The van der Waals surface area contributed by atoms with E-state index in [1.165, 1.54) is 0 Å². The maximum Gasteiger partial charge on any atom is 0.160 e. The highest BCUT2D eigenvalue weighted by Gasteiger charge is 2.13. The van der Waals surface area contributed by atoms with Crippen LogP contribution < -0.4 is 0 Å². The average Bonchev–Trinajstić information content (AvgIpc) is 3.27. The smallest absolute Gasteiger partial charge is 0.160 e. The monoisotopic (exact) mass is 690 g/mol. The van der Waals surface area contributed by atoms with Gasteiger partial charge in [0.1, 0.15) is 0 Å². The lowest BCUT2D eigenvalue weighted by Gasteiger charge is -2.12. The molecule has 0 aliphatic heterocycles. The van der Waals surface area contributed by atoms with Crippen LogP contribution in [-0.4, -0.2) is 19.9 Å². The Labute approximate surface area is 315 Å². The molecule has 4 heteroatoms. The molecule has 2 heterocycles. The van der Waals surface area contributed by atoms with Crippen LogP contribution in [0.3, 0.4) is 0 Å². The largest absolute Gasteiger partial charge is 0.228 e. The first-order chi connectivity index (χ1) is 26.7. The van der Waals surface area contributed by atoms with E-state index < -0.39 is 0 Å². The molecule has 0 unspecified atom stereocenters. The molecule has 0 fully saturated rings. The van der Waals surface area contributed by atoms with Crippen molar-refractivity contribution in [2.45, 2.75) is 0 Å². The van der Waals surface area contributed by atoms with Crippen LogP contribution in [0.2, 0.25) is 0 Å². The van der Waals surface area contributed by atoms with Gasteiger partial charge in [-0.3, -0.25) is 0 Å². The molecule has 9 rings (SSSR count). The zero-order chi connectivity index (χ0) is 36.1. The Balaban J connectivity index is 1.04. The summed E-state index contributed by atoms with van der Waals surface area (Å²) in [5.41, 5.74) is 14.2. The molecule has 0 saturated heterocycles. The molecule has 0 aliphatic carbocycles. The van der Waals surface area contributed by atoms with Gasteiger partial charge in [0.25, 0.3) is 0 Å². The van der Waals surface area contributed by atoms with Gasteiger partial charge in [0, 0.05) is 33.4 Å². The van der Waals surface area contributed by atoms with Gasteiger partial charge in [-0.1, -0.05) is 182 Å². The van der Waals surface area contributed by atoms with Crippen molar-refractivity contribution in [2.75, 3.05) is 0 Å². The van der Waals surface area contributed by atoms with Crippen molar-refractivity contribution in [1.29, 1.82) is 0 Å². The average molecular weight is 691 g/mol. The van der Waals surface area contributed by atoms with Crippen molar-refractivity contribution < 1.29 is 0 Å². The summed E-state index contributed by atoms with van der Waals surface area (Å²) in [5.74, 6) is 1.41. The lowest BCUT2D eigenvalue weighted by Crippen LogP contribution is -1.96. The number of hydrogen-bond donors (Lipinski definition) is 0. The summed E-state index contributed by atoms with van der Waals surface area (Å²) in [6.45, 7) is 0. The van der Waals surface area contributed by atoms with E-state index in [4.69, 9.17) is 19.9 Å². The second kappa shape index (κ2) is 14.7. The van der Waals surface area contributed by atoms with Crippen molar-refractivity contribution >= 4 is 0 Å². The third kappa shape index (κ3) is 6.97. The highest BCUT2D eigenvalue weighted by molar-refractivity contribution is 5.79. The summed E-state index contributed by atoms with van der Waals surface area (Å²) < 4.78 is 0. The van der Waals surface area contributed by atoms with Gasteiger partial charge in [0.2, 0.25) is 0 Å². The number of benzene rings is 7. The van der Waals surface area contributed by atoms with Gasteiger partial charge >= 0.3 is 0 Å². The summed E-state index contributed by atoms with van der Waals surface area (Å²) in [4.78, 5) is 20.0. The highest BCUT2D eigenvalue weighted by atomic mass is 14.9. The fourth-order valence-corrected chi connectivity index (χ4v) is 6.71. The molecule has 7 aromatic carbocycles. The normalized spacial score (nSPS) is 11.0. The van der Waals surface area contributed by atoms with Crippen molar-refractivity contribution in [3.63, 3.8) is 0 Å². The van der Waals surface area contributed by atoms with Crippen LogP contribution >= 0.6 is 0 Å². The maximum atomic E-state index is 5.05. The molecule has 0 aliphatic rings. The van der Waals surface area contributed by atoms with Gasteiger partial charge < -0.3 is 0 Å². The van der Waals surface area contributed by atoms with E-state index in [0.29, 0.717) is 11.6 Å². The Morgan fingerprint density at radius 1 is 0.185 bits per heavy atom. The molecule has 0 radical (unpaired) electrons. The van der Waals surface area contributed by atoms with Gasteiger partial charge in [0.05, 0.1) is 22.8 Å². The predicted octanol–water partition coefficient (Wildman–Crippen LogP) is 12.6. The summed E-state index contributed by atoms with van der Waals surface area (Å²) in [6.07, 6.45) is 0. The van der Waals surface area contributed by atoms with E-state index in [9.17, 15) is 0 Å². The molecule has 0 atom stereocenters. The van der Waals surface area contributed by atoms with Crippen molar-refractivity contribution in [3.8, 4) is 90.1 Å². The fourth-order valence-electron chi connectivity index (χ4n) is 6.71. The van der Waals surface area contributed by atoms with Crippen LogP contribution in [0.1, 0.15) is 0 Å². The first-order valence-corrected chi connectivity index (χ1v) is 18.1. The van der Waals surface area contributed by atoms with Crippen molar-refractivity contribution in [3.05, 3.63) is 206 Å². The Kier molecular flexibility index (Phi) is 8.90. The van der Waals surface area contributed by atoms with Crippen LogP contribution in [0.4, 0.5) is 0 Å². The highest BCUT2D eigenvalue weighted by Crippen LogP contribution is 2.33. The number of aromatic nitrogens is 4. The summed E-state index contributed by atoms with van der Waals surface area (Å²) in [7, 11) is 0. The molecule has 0 N–H and O–H groups in total. The molecule has 9 aromatic rings. The van der Waals surface area contributed by atoms with E-state index in [-0.39, 0.29) is 0 Å². The molecule has 54 heavy (non-hydrogen) atoms. The van der Waals surface area contributed by atoms with Gasteiger partial charge in [-0.15, -0.1) is 0 Å². The van der Waals surface area contributed by atoms with Crippen LogP contribution in [0.25, 0.3) is 90.1 Å². The number of hydrogen-bond acceptors (Lipinski definition) is 4. The maximum absolute atomic E-state index is 5.05. The minimum absolute atomic E-state index is 0.707. The number of nitrogens with zero attached hydrogens (tertiary/aromatic N) is 4. The van der Waals surface area contributed by atoms with E-state index >= 15 is 0 Å². The van der Waals surface area contributed by atoms with Gasteiger partial charge in [0.15, 0.2) is 11.6 Å². The van der Waals surface area contributed by atoms with E-state index in [1.54, 1.807) is 0 Å². The lowest BCUT2D eigenvalue weighted by atomic mass is 9.97. The topological polar surface area (TPSA) is 51.6 Å². The molecule has 0 spiro atoms. The number of rotatable bonds is 8. The third-order valence-electron chi connectivity index (χ3n) is 9.52. The van der Waals surface area contributed by atoms with Crippen LogP contribution in [-0.2, 0) is 0 Å². The first kappa shape index (κ1) is 32.6. The van der Waals surface area contributed by atoms with E-state index in [0.717, 1.165) is 78.4 Å². The predicted molar refractivity (Wildman–Crippen MR) is 221 cm³/mol. The quantitative estimate of drug-likeness (QED) is 0.159. The van der Waals surface area contributed by atoms with Crippen LogP contribution in [0.5, 0.6) is 0 Å². The SMILES string of the molecule is c1ccc(-c2cc(-c3cccc(-c4ccc(-c5cccc(-c6cc(-c7ccccc7)nc(-c7ccccc7)n6)c5)cc4)c3)nc(-c3ccccc3)n2)cc1. The molecule has 254 valence electrons. The van der Waals surface area contributed by atoms with E-state index in [1.807, 2.05) is 72.8 Å². The van der Waals surface area contributed by atoms with Gasteiger partial charge in [-0.05, 0) is 46.5 Å². The summed E-state index contributed by atoms with van der Waals surface area (Å²) in [6, 6.07) is 71.0. The summed E-state index contributed by atoms with van der Waals surface area (Å²) >= 11 is 0. The Morgan fingerprint density at radius 2 is 0.463 bits per heavy atom. The zero-order valence-electron chi connectivity index (χ0n) is 29.4. The van der Waals surface area contributed by atoms with Crippen LogP contribution in [0, 0.1) is 0 Å².